The zero-order chi connectivity index (χ0) is 15.5. The molecule has 0 aromatic carbocycles. The monoisotopic (exact) mass is 347 g/mol. The molecule has 1 spiro atoms. The number of rotatable bonds is 4. The molecule has 0 bridgehead atoms. The normalized spacial score (nSPS) is 22.6. The number of thiazole rings is 1. The number of aromatic nitrogens is 1. The number of hydrogen-bond acceptors (Lipinski definition) is 5. The molecule has 2 aromatic heterocycles. The fraction of sp³-hybridized carbons (Fsp3) is 0.611. The number of nitrogens with zero attached hydrogens (tertiary/aromatic N) is 3. The van der Waals surface area contributed by atoms with Gasteiger partial charge in [0.15, 0.2) is 0 Å². The van der Waals surface area contributed by atoms with Gasteiger partial charge in [-0.15, -0.1) is 11.3 Å². The van der Waals surface area contributed by atoms with Gasteiger partial charge in [-0.05, 0) is 79.7 Å². The highest BCUT2D eigenvalue weighted by molar-refractivity contribution is 7.09. The molecule has 3 nitrogen and oxygen atoms in total. The van der Waals surface area contributed by atoms with Crippen molar-refractivity contribution < 1.29 is 0 Å². The van der Waals surface area contributed by atoms with Crippen LogP contribution in [0.5, 0.6) is 0 Å². The van der Waals surface area contributed by atoms with Crippen LogP contribution in [0, 0.1) is 5.41 Å². The van der Waals surface area contributed by atoms with Gasteiger partial charge in [0.1, 0.15) is 5.01 Å². The molecule has 23 heavy (non-hydrogen) atoms. The van der Waals surface area contributed by atoms with Crippen LogP contribution in [0.3, 0.4) is 0 Å². The molecule has 4 rings (SSSR count). The minimum absolute atomic E-state index is 0.629. The van der Waals surface area contributed by atoms with Crippen LogP contribution < -0.4 is 0 Å². The highest BCUT2D eigenvalue weighted by Crippen LogP contribution is 2.41. The molecule has 2 aliphatic heterocycles. The highest BCUT2D eigenvalue weighted by Gasteiger charge is 2.37. The van der Waals surface area contributed by atoms with Crippen molar-refractivity contribution in [1.82, 2.24) is 14.8 Å². The zero-order valence-corrected chi connectivity index (χ0v) is 15.2. The molecular weight excluding hydrogens is 322 g/mol. The van der Waals surface area contributed by atoms with Gasteiger partial charge in [0.05, 0.1) is 6.54 Å². The van der Waals surface area contributed by atoms with E-state index in [0.29, 0.717) is 5.41 Å². The van der Waals surface area contributed by atoms with Crippen LogP contribution in [-0.2, 0) is 13.1 Å². The summed E-state index contributed by atoms with van der Waals surface area (Å²) in [7, 11) is 0. The molecule has 0 amide bonds. The summed E-state index contributed by atoms with van der Waals surface area (Å²) < 4.78 is 0. The molecule has 2 fully saturated rings. The van der Waals surface area contributed by atoms with Crippen LogP contribution >= 0.6 is 22.7 Å². The lowest BCUT2D eigenvalue weighted by Gasteiger charge is -2.46. The van der Waals surface area contributed by atoms with Gasteiger partial charge in [0, 0.05) is 18.1 Å². The number of likely N-dealkylation sites (tertiary alicyclic amines) is 2. The van der Waals surface area contributed by atoms with Crippen molar-refractivity contribution in [1.29, 1.82) is 0 Å². The Morgan fingerprint density at radius 1 is 0.957 bits per heavy atom. The topological polar surface area (TPSA) is 19.4 Å². The lowest BCUT2D eigenvalue weighted by molar-refractivity contribution is 0.0300. The third kappa shape index (κ3) is 3.85. The fourth-order valence-electron chi connectivity index (χ4n) is 4.03. The first kappa shape index (κ1) is 15.8. The minimum Gasteiger partial charge on any atom is -0.299 e. The molecule has 5 heteroatoms. The molecule has 0 atom stereocenters. The second kappa shape index (κ2) is 7.01. The lowest BCUT2D eigenvalue weighted by Crippen LogP contribution is -2.46. The average molecular weight is 348 g/mol. The predicted molar refractivity (Wildman–Crippen MR) is 97.9 cm³/mol. The smallest absolute Gasteiger partial charge is 0.107 e. The Bertz CT molecular complexity index is 520. The first-order valence-corrected chi connectivity index (χ1v) is 10.5. The SMILES string of the molecule is c1csc(CN2CCC3(CCN(Cc4ccsc4)CC3)CC2)n1. The van der Waals surface area contributed by atoms with Gasteiger partial charge in [-0.25, -0.2) is 4.98 Å². The molecule has 0 radical (unpaired) electrons. The van der Waals surface area contributed by atoms with Gasteiger partial charge in [-0.3, -0.25) is 9.80 Å². The molecule has 0 saturated carbocycles. The summed E-state index contributed by atoms with van der Waals surface area (Å²) >= 11 is 3.60. The number of thiophene rings is 1. The van der Waals surface area contributed by atoms with E-state index >= 15 is 0 Å². The lowest BCUT2D eigenvalue weighted by atomic mass is 9.71. The van der Waals surface area contributed by atoms with Crippen molar-refractivity contribution in [3.63, 3.8) is 0 Å². The molecule has 2 aliphatic rings. The second-order valence-corrected chi connectivity index (χ2v) is 8.87. The van der Waals surface area contributed by atoms with E-state index in [4.69, 9.17) is 0 Å². The van der Waals surface area contributed by atoms with Gasteiger partial charge >= 0.3 is 0 Å². The molecule has 0 unspecified atom stereocenters. The largest absolute Gasteiger partial charge is 0.299 e. The molecule has 4 heterocycles. The van der Waals surface area contributed by atoms with E-state index < -0.39 is 0 Å². The zero-order valence-electron chi connectivity index (χ0n) is 13.6. The summed E-state index contributed by atoms with van der Waals surface area (Å²) in [4.78, 5) is 9.68. The Labute approximate surface area is 147 Å². The van der Waals surface area contributed by atoms with Crippen LogP contribution in [0.4, 0.5) is 0 Å². The Morgan fingerprint density at radius 2 is 1.65 bits per heavy atom. The molecule has 0 aliphatic carbocycles. The van der Waals surface area contributed by atoms with Crippen molar-refractivity contribution in [2.75, 3.05) is 26.2 Å². The molecule has 2 aromatic rings. The predicted octanol–water partition coefficient (Wildman–Crippen LogP) is 4.08. The Hall–Kier alpha value is -0.750. The third-order valence-corrected chi connectivity index (χ3v) is 7.16. The van der Waals surface area contributed by atoms with Crippen molar-refractivity contribution >= 4 is 22.7 Å². The van der Waals surface area contributed by atoms with E-state index in [2.05, 4.69) is 37.0 Å². The molecule has 124 valence electrons. The summed E-state index contributed by atoms with van der Waals surface area (Å²) in [6, 6.07) is 2.27. The van der Waals surface area contributed by atoms with Crippen LogP contribution in [0.1, 0.15) is 36.3 Å². The van der Waals surface area contributed by atoms with Crippen molar-refractivity contribution in [2.24, 2.45) is 5.41 Å². The van der Waals surface area contributed by atoms with Crippen molar-refractivity contribution in [3.05, 3.63) is 39.0 Å². The van der Waals surface area contributed by atoms with Crippen molar-refractivity contribution in [2.45, 2.75) is 38.8 Å². The van der Waals surface area contributed by atoms with Crippen molar-refractivity contribution in [3.8, 4) is 0 Å². The van der Waals surface area contributed by atoms with E-state index in [0.717, 1.165) is 13.1 Å². The van der Waals surface area contributed by atoms with Crippen LogP contribution in [0.25, 0.3) is 0 Å². The Morgan fingerprint density at radius 3 is 2.22 bits per heavy atom. The first-order valence-electron chi connectivity index (χ1n) is 8.66. The third-order valence-electron chi connectivity index (χ3n) is 5.66. The maximum absolute atomic E-state index is 4.43. The summed E-state index contributed by atoms with van der Waals surface area (Å²) in [5.41, 5.74) is 2.12. The van der Waals surface area contributed by atoms with E-state index in [1.54, 1.807) is 11.3 Å². The molecule has 2 saturated heterocycles. The van der Waals surface area contributed by atoms with Gasteiger partial charge in [-0.2, -0.15) is 11.3 Å². The maximum Gasteiger partial charge on any atom is 0.107 e. The van der Waals surface area contributed by atoms with E-state index in [1.807, 2.05) is 17.5 Å². The minimum atomic E-state index is 0.629. The van der Waals surface area contributed by atoms with Crippen LogP contribution in [0.15, 0.2) is 28.4 Å². The number of piperidine rings is 2. The highest BCUT2D eigenvalue weighted by atomic mass is 32.1. The molecular formula is C18H25N3S2. The second-order valence-electron chi connectivity index (χ2n) is 7.11. The summed E-state index contributed by atoms with van der Waals surface area (Å²) in [5.74, 6) is 0. The van der Waals surface area contributed by atoms with Crippen LogP contribution in [-0.4, -0.2) is 41.0 Å². The van der Waals surface area contributed by atoms with E-state index in [-0.39, 0.29) is 0 Å². The van der Waals surface area contributed by atoms with Gasteiger partial charge < -0.3 is 0 Å². The quantitative estimate of drug-likeness (QED) is 0.831. The Kier molecular flexibility index (Phi) is 4.80. The van der Waals surface area contributed by atoms with E-state index in [1.165, 1.54) is 62.4 Å². The summed E-state index contributed by atoms with van der Waals surface area (Å²) in [6.07, 6.45) is 7.47. The van der Waals surface area contributed by atoms with Gasteiger partial charge in [0.25, 0.3) is 0 Å². The van der Waals surface area contributed by atoms with Crippen LogP contribution in [0.2, 0.25) is 0 Å². The average Bonchev–Trinajstić information content (AvgIpc) is 3.26. The molecule has 0 N–H and O–H groups in total. The summed E-state index contributed by atoms with van der Waals surface area (Å²) in [6.45, 7) is 7.27. The van der Waals surface area contributed by atoms with Gasteiger partial charge in [0.2, 0.25) is 0 Å². The number of hydrogen-bond donors (Lipinski definition) is 0. The van der Waals surface area contributed by atoms with Gasteiger partial charge in [-0.1, -0.05) is 0 Å². The summed E-state index contributed by atoms with van der Waals surface area (Å²) in [5, 5.41) is 7.84. The first-order chi connectivity index (χ1) is 11.3. The standard InChI is InChI=1S/C18H25N3S2/c1-11-22-15-16(1)13-20-7-2-18(3-8-20)4-9-21(10-5-18)14-17-19-6-12-23-17/h1,6,11-12,15H,2-5,7-10,13-14H2. The fourth-order valence-corrected chi connectivity index (χ4v) is 5.35. The Balaban J connectivity index is 1.25. The maximum atomic E-state index is 4.43. The van der Waals surface area contributed by atoms with E-state index in [9.17, 15) is 0 Å².